The van der Waals surface area contributed by atoms with E-state index in [1.165, 1.54) is 24.0 Å². The number of amidine groups is 1. The summed E-state index contributed by atoms with van der Waals surface area (Å²) in [7, 11) is 1.89. The van der Waals surface area contributed by atoms with Gasteiger partial charge in [0.2, 0.25) is 0 Å². The van der Waals surface area contributed by atoms with Gasteiger partial charge in [-0.2, -0.15) is 0 Å². The van der Waals surface area contributed by atoms with Crippen molar-refractivity contribution < 1.29 is 0 Å². The second kappa shape index (κ2) is 11.3. The van der Waals surface area contributed by atoms with Crippen molar-refractivity contribution in [2.45, 2.75) is 40.0 Å². The van der Waals surface area contributed by atoms with Crippen LogP contribution >= 0.6 is 0 Å². The highest BCUT2D eigenvalue weighted by molar-refractivity contribution is 6.03. The van der Waals surface area contributed by atoms with Crippen LogP contribution in [0.25, 0.3) is 11.6 Å². The Kier molecular flexibility index (Phi) is 8.74. The summed E-state index contributed by atoms with van der Waals surface area (Å²) >= 11 is 0. The molecule has 28 heavy (non-hydrogen) atoms. The SMILES string of the molecule is C=C(/C=C/c1ccc(C)cc1)c1ccccc1/C(=N\C)N(CCC)CCCC. The Morgan fingerprint density at radius 1 is 0.964 bits per heavy atom. The summed E-state index contributed by atoms with van der Waals surface area (Å²) in [6, 6.07) is 17.0. The van der Waals surface area contributed by atoms with E-state index in [-0.39, 0.29) is 0 Å². The second-order valence-electron chi connectivity index (χ2n) is 7.20. The van der Waals surface area contributed by atoms with Crippen molar-refractivity contribution in [3.63, 3.8) is 0 Å². The molecule has 0 spiro atoms. The van der Waals surface area contributed by atoms with E-state index in [1.54, 1.807) is 0 Å². The molecule has 148 valence electrons. The zero-order chi connectivity index (χ0) is 20.4. The largest absolute Gasteiger partial charge is 0.356 e. The van der Waals surface area contributed by atoms with Gasteiger partial charge in [-0.1, -0.05) is 93.1 Å². The molecule has 0 radical (unpaired) electrons. The smallest absolute Gasteiger partial charge is 0.131 e. The lowest BCUT2D eigenvalue weighted by Gasteiger charge is -2.27. The summed E-state index contributed by atoms with van der Waals surface area (Å²) in [6.07, 6.45) is 7.70. The second-order valence-corrected chi connectivity index (χ2v) is 7.20. The Morgan fingerprint density at radius 3 is 2.25 bits per heavy atom. The lowest BCUT2D eigenvalue weighted by atomic mass is 9.98. The van der Waals surface area contributed by atoms with Gasteiger partial charge in [0.05, 0.1) is 0 Å². The third-order valence-electron chi connectivity index (χ3n) is 4.85. The average molecular weight is 375 g/mol. The van der Waals surface area contributed by atoms with E-state index in [2.05, 4.69) is 97.9 Å². The maximum Gasteiger partial charge on any atom is 0.131 e. The molecule has 0 bridgehead atoms. The van der Waals surface area contributed by atoms with Gasteiger partial charge >= 0.3 is 0 Å². The third-order valence-corrected chi connectivity index (χ3v) is 4.85. The Morgan fingerprint density at radius 2 is 1.64 bits per heavy atom. The van der Waals surface area contributed by atoms with Crippen LogP contribution < -0.4 is 0 Å². The van der Waals surface area contributed by atoms with Gasteiger partial charge in [0, 0.05) is 25.7 Å². The first-order valence-corrected chi connectivity index (χ1v) is 10.4. The van der Waals surface area contributed by atoms with E-state index < -0.39 is 0 Å². The number of aryl methyl sites for hydroxylation is 1. The Hall–Kier alpha value is -2.61. The minimum Gasteiger partial charge on any atom is -0.356 e. The van der Waals surface area contributed by atoms with Gasteiger partial charge in [0.15, 0.2) is 0 Å². The fraction of sp³-hybridized carbons (Fsp3) is 0.346. The Balaban J connectivity index is 2.31. The van der Waals surface area contributed by atoms with Gasteiger partial charge < -0.3 is 4.90 Å². The first kappa shape index (κ1) is 21.7. The van der Waals surface area contributed by atoms with Crippen molar-refractivity contribution in [1.29, 1.82) is 0 Å². The molecule has 0 saturated heterocycles. The Labute approximate surface area is 171 Å². The molecule has 0 fully saturated rings. The van der Waals surface area contributed by atoms with E-state index in [0.29, 0.717) is 0 Å². The maximum atomic E-state index is 4.68. The van der Waals surface area contributed by atoms with Crippen molar-refractivity contribution in [1.82, 2.24) is 4.90 Å². The van der Waals surface area contributed by atoms with Crippen LogP contribution in [0.3, 0.4) is 0 Å². The van der Waals surface area contributed by atoms with Gasteiger partial charge in [-0.05, 0) is 36.5 Å². The molecule has 0 aromatic heterocycles. The molecule has 0 amide bonds. The predicted molar refractivity (Wildman–Crippen MR) is 125 cm³/mol. The number of unbranched alkanes of at least 4 members (excludes halogenated alkanes) is 1. The van der Waals surface area contributed by atoms with Crippen molar-refractivity contribution in [3.05, 3.63) is 83.4 Å². The lowest BCUT2D eigenvalue weighted by molar-refractivity contribution is 0.407. The molecular weight excluding hydrogens is 340 g/mol. The van der Waals surface area contributed by atoms with Crippen molar-refractivity contribution in [3.8, 4) is 0 Å². The van der Waals surface area contributed by atoms with Gasteiger partial charge in [-0.3, -0.25) is 4.99 Å². The summed E-state index contributed by atoms with van der Waals surface area (Å²) in [5.74, 6) is 1.07. The van der Waals surface area contributed by atoms with Crippen LogP contribution in [0.15, 0.2) is 66.2 Å². The molecule has 0 aliphatic rings. The molecule has 0 aliphatic carbocycles. The zero-order valence-electron chi connectivity index (χ0n) is 17.9. The molecule has 2 aromatic rings. The summed E-state index contributed by atoms with van der Waals surface area (Å²) in [4.78, 5) is 7.09. The van der Waals surface area contributed by atoms with Gasteiger partial charge in [-0.15, -0.1) is 0 Å². The molecule has 2 aromatic carbocycles. The highest BCUT2D eigenvalue weighted by Gasteiger charge is 2.16. The number of rotatable bonds is 9. The fourth-order valence-corrected chi connectivity index (χ4v) is 3.30. The summed E-state index contributed by atoms with van der Waals surface area (Å²) in [5.41, 5.74) is 5.76. The number of aliphatic imine (C=N–C) groups is 1. The number of allylic oxidation sites excluding steroid dienone is 2. The molecular formula is C26H34N2. The maximum absolute atomic E-state index is 4.68. The molecule has 0 N–H and O–H groups in total. The topological polar surface area (TPSA) is 15.6 Å². The summed E-state index contributed by atoms with van der Waals surface area (Å²) in [6.45, 7) is 13.0. The van der Waals surface area contributed by atoms with E-state index in [4.69, 9.17) is 0 Å². The van der Waals surface area contributed by atoms with Crippen LogP contribution in [0.1, 0.15) is 55.4 Å². The Bertz CT molecular complexity index is 813. The van der Waals surface area contributed by atoms with Crippen LogP contribution in [0.4, 0.5) is 0 Å². The average Bonchev–Trinajstić information content (AvgIpc) is 2.72. The minimum absolute atomic E-state index is 1.00. The highest BCUT2D eigenvalue weighted by Crippen LogP contribution is 2.22. The first-order valence-electron chi connectivity index (χ1n) is 10.4. The van der Waals surface area contributed by atoms with E-state index >= 15 is 0 Å². The van der Waals surface area contributed by atoms with Crippen LogP contribution in [0, 0.1) is 6.92 Å². The number of nitrogens with zero attached hydrogens (tertiary/aromatic N) is 2. The fourth-order valence-electron chi connectivity index (χ4n) is 3.30. The molecule has 2 rings (SSSR count). The van der Waals surface area contributed by atoms with Gasteiger partial charge in [-0.25, -0.2) is 0 Å². The summed E-state index contributed by atoms with van der Waals surface area (Å²) in [5, 5.41) is 0. The van der Waals surface area contributed by atoms with Crippen molar-refractivity contribution >= 4 is 17.5 Å². The first-order chi connectivity index (χ1) is 13.6. The van der Waals surface area contributed by atoms with Crippen LogP contribution in [0.2, 0.25) is 0 Å². The minimum atomic E-state index is 1.00. The van der Waals surface area contributed by atoms with Crippen LogP contribution in [0.5, 0.6) is 0 Å². The third kappa shape index (κ3) is 5.95. The van der Waals surface area contributed by atoms with Crippen LogP contribution in [-0.4, -0.2) is 30.9 Å². The molecule has 0 unspecified atom stereocenters. The van der Waals surface area contributed by atoms with Crippen molar-refractivity contribution in [2.24, 2.45) is 4.99 Å². The number of benzene rings is 2. The van der Waals surface area contributed by atoms with Crippen molar-refractivity contribution in [2.75, 3.05) is 20.1 Å². The van der Waals surface area contributed by atoms with Gasteiger partial charge in [0.1, 0.15) is 5.84 Å². The van der Waals surface area contributed by atoms with E-state index in [9.17, 15) is 0 Å². The summed E-state index contributed by atoms with van der Waals surface area (Å²) < 4.78 is 0. The van der Waals surface area contributed by atoms with E-state index in [1.807, 2.05) is 7.05 Å². The molecule has 2 nitrogen and oxygen atoms in total. The molecule has 0 heterocycles. The lowest BCUT2D eigenvalue weighted by Crippen LogP contribution is -2.34. The highest BCUT2D eigenvalue weighted by atomic mass is 15.2. The molecule has 2 heteroatoms. The number of hydrogen-bond acceptors (Lipinski definition) is 1. The monoisotopic (exact) mass is 374 g/mol. The normalized spacial score (nSPS) is 11.8. The number of hydrogen-bond donors (Lipinski definition) is 0. The molecule has 0 saturated carbocycles. The van der Waals surface area contributed by atoms with Crippen LogP contribution in [-0.2, 0) is 0 Å². The molecule has 0 aliphatic heterocycles. The van der Waals surface area contributed by atoms with E-state index in [0.717, 1.165) is 42.0 Å². The quantitative estimate of drug-likeness (QED) is 0.274. The zero-order valence-corrected chi connectivity index (χ0v) is 17.9. The van der Waals surface area contributed by atoms with Gasteiger partial charge in [0.25, 0.3) is 0 Å². The predicted octanol–water partition coefficient (Wildman–Crippen LogP) is 6.61. The standard InChI is InChI=1S/C26H34N2/c1-6-8-20-28(19-7-2)26(27-5)25-12-10-9-11-24(25)22(4)15-18-23-16-13-21(3)14-17-23/h9-18H,4,6-8,19-20H2,1-3,5H3/b18-15+,27-26+. The molecule has 0 atom stereocenters.